The summed E-state index contributed by atoms with van der Waals surface area (Å²) in [6.45, 7) is 2.02. The van der Waals surface area contributed by atoms with Gasteiger partial charge in [0.25, 0.3) is 5.91 Å². The lowest BCUT2D eigenvalue weighted by Gasteiger charge is -2.02. The Balaban J connectivity index is 1.39. The Kier molecular flexibility index (Phi) is 6.46. The molecule has 162 valence electrons. The summed E-state index contributed by atoms with van der Waals surface area (Å²) in [5, 5.41) is 11.1. The molecule has 0 spiro atoms. The van der Waals surface area contributed by atoms with Gasteiger partial charge >= 0.3 is 0 Å². The van der Waals surface area contributed by atoms with Crippen LogP contribution < -0.4 is 5.32 Å². The van der Waals surface area contributed by atoms with Crippen LogP contribution in [0.2, 0.25) is 0 Å². The Bertz CT molecular complexity index is 1240. The smallest absolute Gasteiger partial charge is 0.273 e. The second-order valence-electron chi connectivity index (χ2n) is 7.18. The average molecular weight is 450 g/mol. The quantitative estimate of drug-likeness (QED) is 0.412. The van der Waals surface area contributed by atoms with Crippen LogP contribution in [0.3, 0.4) is 0 Å². The highest BCUT2D eigenvalue weighted by atomic mass is 32.1. The first-order chi connectivity index (χ1) is 15.5. The molecule has 2 aromatic carbocycles. The second kappa shape index (κ2) is 9.61. The van der Waals surface area contributed by atoms with E-state index in [1.807, 2.05) is 30.3 Å². The number of carbonyl (C=O) groups is 2. The predicted octanol–water partition coefficient (Wildman–Crippen LogP) is 3.92. The van der Waals surface area contributed by atoms with Gasteiger partial charge in [0.1, 0.15) is 5.82 Å². The van der Waals surface area contributed by atoms with Gasteiger partial charge in [-0.1, -0.05) is 59.0 Å². The molecule has 0 saturated heterocycles. The van der Waals surface area contributed by atoms with Gasteiger partial charge in [-0.25, -0.2) is 9.37 Å². The fourth-order valence-corrected chi connectivity index (χ4v) is 4.05. The Hall–Kier alpha value is -3.72. The van der Waals surface area contributed by atoms with Crippen molar-refractivity contribution >= 4 is 23.0 Å². The Morgan fingerprint density at radius 3 is 2.56 bits per heavy atom. The van der Waals surface area contributed by atoms with Crippen molar-refractivity contribution in [3.63, 3.8) is 0 Å². The zero-order valence-corrected chi connectivity index (χ0v) is 18.1. The van der Waals surface area contributed by atoms with Crippen LogP contribution in [0, 0.1) is 12.7 Å². The van der Waals surface area contributed by atoms with Crippen LogP contribution in [0.1, 0.15) is 43.4 Å². The van der Waals surface area contributed by atoms with Gasteiger partial charge in [-0.15, -0.1) is 5.10 Å². The summed E-state index contributed by atoms with van der Waals surface area (Å²) >= 11 is 1.23. The lowest BCUT2D eigenvalue weighted by atomic mass is 10.1. The number of carbonyl (C=O) groups excluding carboxylic acids is 2. The molecule has 0 bridgehead atoms. The van der Waals surface area contributed by atoms with Crippen LogP contribution in [-0.2, 0) is 13.0 Å². The topological polar surface area (TPSA) is 89.8 Å². The average Bonchev–Trinajstić information content (AvgIpc) is 3.45. The van der Waals surface area contributed by atoms with Crippen LogP contribution in [0.4, 0.5) is 4.39 Å². The number of nitrogens with one attached hydrogen (secondary N) is 1. The van der Waals surface area contributed by atoms with E-state index in [4.69, 9.17) is 0 Å². The molecule has 0 fully saturated rings. The number of hydrogen-bond acceptors (Lipinski definition) is 6. The number of hydrogen-bond donors (Lipinski definition) is 1. The fraction of sp³-hybridized carbons (Fsp3) is 0.174. The number of rotatable bonds is 8. The maximum atomic E-state index is 13.0. The van der Waals surface area contributed by atoms with Crippen LogP contribution >= 0.6 is 11.3 Å². The number of aromatic nitrogens is 4. The molecule has 32 heavy (non-hydrogen) atoms. The van der Waals surface area contributed by atoms with Crippen molar-refractivity contribution in [3.05, 3.63) is 94.0 Å². The zero-order valence-electron chi connectivity index (χ0n) is 17.3. The molecule has 2 heterocycles. The largest absolute Gasteiger partial charge is 0.347 e. The minimum absolute atomic E-state index is 0.0208. The van der Waals surface area contributed by atoms with Crippen molar-refractivity contribution in [2.75, 3.05) is 0 Å². The molecule has 0 radical (unpaired) electrons. The number of ketones is 1. The lowest BCUT2D eigenvalue weighted by Crippen LogP contribution is -2.23. The molecule has 4 aromatic rings. The lowest BCUT2D eigenvalue weighted by molar-refractivity contribution is 0.0944. The fourth-order valence-electron chi connectivity index (χ4n) is 3.09. The first-order valence-electron chi connectivity index (χ1n) is 9.99. The molecule has 7 nitrogen and oxygen atoms in total. The van der Waals surface area contributed by atoms with Crippen LogP contribution in [-0.4, -0.2) is 31.7 Å². The van der Waals surface area contributed by atoms with Gasteiger partial charge in [0, 0.05) is 13.0 Å². The summed E-state index contributed by atoms with van der Waals surface area (Å²) < 4.78 is 14.4. The monoisotopic (exact) mass is 449 g/mol. The highest BCUT2D eigenvalue weighted by molar-refractivity contribution is 7.16. The van der Waals surface area contributed by atoms with Gasteiger partial charge in [0.15, 0.2) is 11.5 Å². The molecule has 9 heteroatoms. The summed E-state index contributed by atoms with van der Waals surface area (Å²) in [5.41, 5.74) is 2.62. The summed E-state index contributed by atoms with van der Waals surface area (Å²) in [6.07, 6.45) is 2.52. The van der Waals surface area contributed by atoms with Crippen LogP contribution in [0.15, 0.2) is 60.8 Å². The maximum Gasteiger partial charge on any atom is 0.273 e. The molecular weight excluding hydrogens is 429 g/mol. The third-order valence-corrected chi connectivity index (χ3v) is 6.00. The van der Waals surface area contributed by atoms with Gasteiger partial charge in [-0.05, 0) is 36.6 Å². The molecule has 0 aliphatic rings. The van der Waals surface area contributed by atoms with Crippen LogP contribution in [0.25, 0.3) is 5.13 Å². The number of aryl methyl sites for hydroxylation is 2. The summed E-state index contributed by atoms with van der Waals surface area (Å²) in [5.74, 6) is -0.722. The number of benzene rings is 2. The van der Waals surface area contributed by atoms with Crippen LogP contribution in [0.5, 0.6) is 0 Å². The van der Waals surface area contributed by atoms with Crippen molar-refractivity contribution in [2.45, 2.75) is 26.3 Å². The SMILES string of the molecule is Cc1nc(-n2cc(C(=O)NCc3ccc(F)cc3)nn2)sc1C(=O)CCc1ccccc1. The van der Waals surface area contributed by atoms with Gasteiger partial charge in [0.05, 0.1) is 16.8 Å². The number of Topliss-reactive ketones (excluding diaryl/α,β-unsaturated/α-hetero) is 1. The minimum Gasteiger partial charge on any atom is -0.347 e. The Labute approximate surface area is 187 Å². The van der Waals surface area contributed by atoms with E-state index in [2.05, 4.69) is 20.6 Å². The molecule has 0 atom stereocenters. The summed E-state index contributed by atoms with van der Waals surface area (Å²) in [7, 11) is 0. The van der Waals surface area contributed by atoms with E-state index >= 15 is 0 Å². The first kappa shape index (κ1) is 21.5. The van der Waals surface area contributed by atoms with Gasteiger partial charge < -0.3 is 5.32 Å². The molecule has 0 unspecified atom stereocenters. The number of amides is 1. The number of halogens is 1. The standard InChI is InChI=1S/C23H20FN5O2S/c1-15-21(20(30)12-9-16-5-3-2-4-6-16)32-23(26-15)29-14-19(27-28-29)22(31)25-13-17-7-10-18(24)11-8-17/h2-8,10-11,14H,9,12-13H2,1H3,(H,25,31). The number of thiazole rings is 1. The first-order valence-corrected chi connectivity index (χ1v) is 10.8. The second-order valence-corrected chi connectivity index (χ2v) is 8.15. The van der Waals surface area contributed by atoms with E-state index < -0.39 is 5.91 Å². The van der Waals surface area contributed by atoms with Gasteiger partial charge in [0.2, 0.25) is 5.13 Å². The third kappa shape index (κ3) is 5.12. The molecule has 2 aromatic heterocycles. The zero-order chi connectivity index (χ0) is 22.5. The predicted molar refractivity (Wildman–Crippen MR) is 118 cm³/mol. The molecule has 1 amide bonds. The van der Waals surface area contributed by atoms with E-state index in [0.717, 1.165) is 11.1 Å². The Morgan fingerprint density at radius 2 is 1.81 bits per heavy atom. The molecular formula is C23H20FN5O2S. The molecule has 1 N–H and O–H groups in total. The Morgan fingerprint density at radius 1 is 1.06 bits per heavy atom. The van der Waals surface area contributed by atoms with E-state index in [9.17, 15) is 14.0 Å². The van der Waals surface area contributed by atoms with Crippen molar-refractivity contribution < 1.29 is 14.0 Å². The van der Waals surface area contributed by atoms with Gasteiger partial charge in [-0.3, -0.25) is 9.59 Å². The van der Waals surface area contributed by atoms with E-state index in [1.165, 1.54) is 34.3 Å². The molecule has 0 aliphatic heterocycles. The van der Waals surface area contributed by atoms with E-state index in [-0.39, 0.29) is 23.8 Å². The highest BCUT2D eigenvalue weighted by Gasteiger charge is 2.18. The minimum atomic E-state index is -0.409. The van der Waals surface area contributed by atoms with Crippen molar-refractivity contribution in [2.24, 2.45) is 0 Å². The third-order valence-electron chi connectivity index (χ3n) is 4.81. The van der Waals surface area contributed by atoms with E-state index in [0.29, 0.717) is 28.5 Å². The molecule has 0 saturated carbocycles. The molecule has 4 rings (SSSR count). The van der Waals surface area contributed by atoms with E-state index in [1.54, 1.807) is 19.1 Å². The van der Waals surface area contributed by atoms with Crippen molar-refractivity contribution in [3.8, 4) is 5.13 Å². The summed E-state index contributed by atoms with van der Waals surface area (Å²) in [6, 6.07) is 15.7. The van der Waals surface area contributed by atoms with Crippen molar-refractivity contribution in [1.82, 2.24) is 25.3 Å². The van der Waals surface area contributed by atoms with Crippen molar-refractivity contribution in [1.29, 1.82) is 0 Å². The highest BCUT2D eigenvalue weighted by Crippen LogP contribution is 2.23. The molecule has 0 aliphatic carbocycles. The summed E-state index contributed by atoms with van der Waals surface area (Å²) in [4.78, 5) is 30.0. The normalized spacial score (nSPS) is 10.8. The number of nitrogens with zero attached hydrogens (tertiary/aromatic N) is 4. The van der Waals surface area contributed by atoms with Gasteiger partial charge in [-0.2, -0.15) is 4.68 Å². The maximum absolute atomic E-state index is 13.0.